The van der Waals surface area contributed by atoms with E-state index in [2.05, 4.69) is 10.3 Å². The number of fused-ring (bicyclic) bond motifs is 1. The van der Waals surface area contributed by atoms with Crippen molar-refractivity contribution in [1.29, 1.82) is 5.41 Å². The molecule has 2 N–H and O–H groups in total. The van der Waals surface area contributed by atoms with E-state index in [4.69, 9.17) is 10.1 Å². The molecule has 6 heteroatoms. The molecule has 1 saturated heterocycles. The predicted molar refractivity (Wildman–Crippen MR) is 79.7 cm³/mol. The minimum Gasteiger partial charge on any atom is -0.496 e. The summed E-state index contributed by atoms with van der Waals surface area (Å²) < 4.78 is 5.31. The van der Waals surface area contributed by atoms with Crippen molar-refractivity contribution in [3.8, 4) is 5.75 Å². The number of carbonyl (C=O) groups excluding carboxylic acids is 1. The molecule has 2 aromatic rings. The second-order valence-electron chi connectivity index (χ2n) is 4.18. The van der Waals surface area contributed by atoms with Crippen molar-refractivity contribution in [3.63, 3.8) is 0 Å². The maximum absolute atomic E-state index is 11.6. The second kappa shape index (κ2) is 4.97. The second-order valence-corrected chi connectivity index (χ2v) is 5.24. The van der Waals surface area contributed by atoms with Gasteiger partial charge in [-0.15, -0.1) is 0 Å². The number of nitrogens with zero attached hydrogens (tertiary/aromatic N) is 1. The molecule has 1 aliphatic heterocycles. The van der Waals surface area contributed by atoms with Crippen molar-refractivity contribution >= 4 is 39.8 Å². The minimum atomic E-state index is -0.238. The van der Waals surface area contributed by atoms with E-state index >= 15 is 0 Å². The normalized spacial score (nSPS) is 16.8. The van der Waals surface area contributed by atoms with Crippen LogP contribution in [0.2, 0.25) is 0 Å². The summed E-state index contributed by atoms with van der Waals surface area (Å²) in [7, 11) is 1.61. The van der Waals surface area contributed by atoms with Gasteiger partial charge in [0.1, 0.15) is 5.75 Å². The first-order valence-electron chi connectivity index (χ1n) is 5.89. The van der Waals surface area contributed by atoms with Crippen LogP contribution < -0.4 is 10.1 Å². The van der Waals surface area contributed by atoms with Gasteiger partial charge in [0.05, 0.1) is 17.5 Å². The molecule has 20 heavy (non-hydrogen) atoms. The zero-order chi connectivity index (χ0) is 14.1. The Labute approximate surface area is 119 Å². The molecule has 2 heterocycles. The first-order valence-corrected chi connectivity index (χ1v) is 6.71. The van der Waals surface area contributed by atoms with Crippen molar-refractivity contribution < 1.29 is 9.53 Å². The Balaban J connectivity index is 2.07. The highest BCUT2D eigenvalue weighted by atomic mass is 32.2. The van der Waals surface area contributed by atoms with Crippen molar-refractivity contribution in [2.75, 3.05) is 7.11 Å². The lowest BCUT2D eigenvalue weighted by molar-refractivity contribution is -0.115. The summed E-state index contributed by atoms with van der Waals surface area (Å²) in [6.45, 7) is 0. The van der Waals surface area contributed by atoms with Crippen LogP contribution in [0.5, 0.6) is 5.75 Å². The lowest BCUT2D eigenvalue weighted by atomic mass is 10.1. The van der Waals surface area contributed by atoms with E-state index in [-0.39, 0.29) is 11.1 Å². The van der Waals surface area contributed by atoms with Gasteiger partial charge in [-0.05, 0) is 41.6 Å². The van der Waals surface area contributed by atoms with E-state index in [1.165, 1.54) is 0 Å². The summed E-state index contributed by atoms with van der Waals surface area (Å²) in [5, 5.41) is 10.9. The van der Waals surface area contributed by atoms with E-state index in [0.717, 1.165) is 34.0 Å². The molecule has 3 rings (SSSR count). The Morgan fingerprint density at radius 1 is 1.40 bits per heavy atom. The molecule has 1 aromatic heterocycles. The highest BCUT2D eigenvalue weighted by Gasteiger charge is 2.22. The van der Waals surface area contributed by atoms with Crippen LogP contribution in [0.1, 0.15) is 5.56 Å². The highest BCUT2D eigenvalue weighted by molar-refractivity contribution is 8.18. The third-order valence-electron chi connectivity index (χ3n) is 2.91. The van der Waals surface area contributed by atoms with Crippen LogP contribution in [0.3, 0.4) is 0 Å². The molecular formula is C14H11N3O2S. The number of nitrogens with one attached hydrogen (secondary N) is 2. The topological polar surface area (TPSA) is 75.1 Å². The summed E-state index contributed by atoms with van der Waals surface area (Å²) >= 11 is 1.12. The van der Waals surface area contributed by atoms with Crippen LogP contribution >= 0.6 is 11.8 Å². The maximum atomic E-state index is 11.6. The molecule has 0 aliphatic carbocycles. The Morgan fingerprint density at radius 2 is 2.25 bits per heavy atom. The number of benzene rings is 1. The van der Waals surface area contributed by atoms with Crippen LogP contribution in [0.25, 0.3) is 17.0 Å². The number of aromatic nitrogens is 1. The molecule has 1 amide bonds. The average Bonchev–Trinajstić information content (AvgIpc) is 2.76. The number of carbonyl (C=O) groups is 1. The number of amides is 1. The first kappa shape index (κ1) is 12.7. The monoisotopic (exact) mass is 285 g/mol. The number of thioether (sulfide) groups is 1. The molecule has 0 atom stereocenters. The van der Waals surface area contributed by atoms with Gasteiger partial charge in [-0.25, -0.2) is 0 Å². The summed E-state index contributed by atoms with van der Waals surface area (Å²) in [6, 6.07) is 7.49. The van der Waals surface area contributed by atoms with E-state index in [9.17, 15) is 4.79 Å². The Kier molecular flexibility index (Phi) is 3.15. The highest BCUT2D eigenvalue weighted by Crippen LogP contribution is 2.28. The maximum Gasteiger partial charge on any atom is 0.264 e. The summed E-state index contributed by atoms with van der Waals surface area (Å²) in [5.41, 5.74) is 1.71. The zero-order valence-electron chi connectivity index (χ0n) is 10.6. The van der Waals surface area contributed by atoms with E-state index in [0.29, 0.717) is 4.91 Å². The molecule has 1 fully saturated rings. The Bertz CT molecular complexity index is 755. The van der Waals surface area contributed by atoms with Gasteiger partial charge in [-0.3, -0.25) is 15.2 Å². The number of ether oxygens (including phenoxy) is 1. The smallest absolute Gasteiger partial charge is 0.264 e. The molecule has 0 spiro atoms. The fourth-order valence-corrected chi connectivity index (χ4v) is 2.70. The van der Waals surface area contributed by atoms with Gasteiger partial charge in [-0.1, -0.05) is 6.07 Å². The third-order valence-corrected chi connectivity index (χ3v) is 3.74. The molecule has 0 unspecified atom stereocenters. The molecule has 1 aliphatic rings. The quantitative estimate of drug-likeness (QED) is 0.831. The van der Waals surface area contributed by atoms with Gasteiger partial charge in [0, 0.05) is 11.6 Å². The van der Waals surface area contributed by atoms with Crippen molar-refractivity contribution in [2.24, 2.45) is 0 Å². The first-order chi connectivity index (χ1) is 9.67. The third kappa shape index (κ3) is 2.25. The number of hydrogen-bond donors (Lipinski definition) is 2. The number of rotatable bonds is 2. The summed E-state index contributed by atoms with van der Waals surface area (Å²) in [6.07, 6.45) is 3.45. The van der Waals surface area contributed by atoms with Gasteiger partial charge in [-0.2, -0.15) is 0 Å². The van der Waals surface area contributed by atoms with Crippen LogP contribution in [-0.4, -0.2) is 23.2 Å². The molecule has 100 valence electrons. The molecule has 0 bridgehead atoms. The zero-order valence-corrected chi connectivity index (χ0v) is 11.5. The lowest BCUT2D eigenvalue weighted by Crippen LogP contribution is -2.18. The molecule has 0 saturated carbocycles. The number of pyridine rings is 1. The van der Waals surface area contributed by atoms with Crippen LogP contribution in [-0.2, 0) is 4.79 Å². The van der Waals surface area contributed by atoms with E-state index in [1.54, 1.807) is 25.4 Å². The van der Waals surface area contributed by atoms with Crippen molar-refractivity contribution in [1.82, 2.24) is 10.3 Å². The number of amidine groups is 1. The van der Waals surface area contributed by atoms with Crippen LogP contribution in [0.15, 0.2) is 35.4 Å². The summed E-state index contributed by atoms with van der Waals surface area (Å²) in [5.74, 6) is 0.504. The lowest BCUT2D eigenvalue weighted by Gasteiger charge is -2.05. The fraction of sp³-hybridized carbons (Fsp3) is 0.0714. The average molecular weight is 285 g/mol. The fourth-order valence-electron chi connectivity index (χ4n) is 2.00. The number of hydrogen-bond acceptors (Lipinski definition) is 5. The molecule has 5 nitrogen and oxygen atoms in total. The Morgan fingerprint density at radius 3 is 2.95 bits per heavy atom. The predicted octanol–water partition coefficient (Wildman–Crippen LogP) is 2.38. The largest absolute Gasteiger partial charge is 0.496 e. The van der Waals surface area contributed by atoms with Gasteiger partial charge in [0.2, 0.25) is 0 Å². The number of methoxy groups -OCH3 is 1. The van der Waals surface area contributed by atoms with Gasteiger partial charge >= 0.3 is 0 Å². The molecule has 0 radical (unpaired) electrons. The van der Waals surface area contributed by atoms with Gasteiger partial charge in [0.25, 0.3) is 5.91 Å². The molecule has 1 aromatic carbocycles. The van der Waals surface area contributed by atoms with Crippen LogP contribution in [0.4, 0.5) is 0 Å². The SMILES string of the molecule is COc1ccnc2ccc(/C=C3\SC(=N)NC3=O)cc12. The van der Waals surface area contributed by atoms with Gasteiger partial charge in [0.15, 0.2) is 5.17 Å². The van der Waals surface area contributed by atoms with Crippen molar-refractivity contribution in [3.05, 3.63) is 40.9 Å². The minimum absolute atomic E-state index is 0.154. The molecular weight excluding hydrogens is 274 g/mol. The van der Waals surface area contributed by atoms with Gasteiger partial charge < -0.3 is 10.1 Å². The van der Waals surface area contributed by atoms with Crippen LogP contribution in [0, 0.1) is 5.41 Å². The standard InChI is InChI=1S/C14H11N3O2S/c1-19-11-4-5-16-10-3-2-8(6-9(10)11)7-12-13(18)17-14(15)20-12/h2-7H,1H3,(H2,15,17,18)/b12-7-. The van der Waals surface area contributed by atoms with E-state index < -0.39 is 0 Å². The van der Waals surface area contributed by atoms with E-state index in [1.807, 2.05) is 18.2 Å². The Hall–Kier alpha value is -2.34. The van der Waals surface area contributed by atoms with Crippen molar-refractivity contribution in [2.45, 2.75) is 0 Å². The summed E-state index contributed by atoms with van der Waals surface area (Å²) in [4.78, 5) is 16.4.